The van der Waals surface area contributed by atoms with E-state index in [1.54, 1.807) is 6.07 Å². The van der Waals surface area contributed by atoms with Crippen molar-refractivity contribution in [1.82, 2.24) is 9.88 Å². The van der Waals surface area contributed by atoms with Gasteiger partial charge in [0.2, 0.25) is 0 Å². The van der Waals surface area contributed by atoms with E-state index in [1.165, 1.54) is 6.20 Å². The van der Waals surface area contributed by atoms with Gasteiger partial charge in [-0.2, -0.15) is 0 Å². The summed E-state index contributed by atoms with van der Waals surface area (Å²) in [6, 6.07) is 1.67. The number of likely N-dealkylation sites (N-methyl/N-ethyl adjacent to an activating group) is 1. The average Bonchev–Trinajstić information content (AvgIpc) is 2.58. The molecule has 1 fully saturated rings. The number of pyridine rings is 1. The number of halogens is 1. The zero-order valence-electron chi connectivity index (χ0n) is 8.61. The fraction of sp³-hybridized carbons (Fsp3) is 0.500. The zero-order valence-corrected chi connectivity index (χ0v) is 9.37. The SMILES string of the molecule is CN1CCC(Oc2cc(N)ncc2Cl)C1. The van der Waals surface area contributed by atoms with Crippen LogP contribution in [0.1, 0.15) is 6.42 Å². The molecule has 0 spiro atoms. The highest BCUT2D eigenvalue weighted by Crippen LogP contribution is 2.27. The second kappa shape index (κ2) is 4.24. The van der Waals surface area contributed by atoms with Crippen LogP contribution in [0.4, 0.5) is 5.82 Å². The van der Waals surface area contributed by atoms with Gasteiger partial charge >= 0.3 is 0 Å². The fourth-order valence-corrected chi connectivity index (χ4v) is 1.84. The van der Waals surface area contributed by atoms with Crippen LogP contribution in [-0.4, -0.2) is 36.1 Å². The Hall–Kier alpha value is -1.00. The fourth-order valence-electron chi connectivity index (χ4n) is 1.70. The summed E-state index contributed by atoms with van der Waals surface area (Å²) in [7, 11) is 2.08. The summed E-state index contributed by atoms with van der Waals surface area (Å²) < 4.78 is 5.76. The largest absolute Gasteiger partial charge is 0.487 e. The van der Waals surface area contributed by atoms with Crippen LogP contribution in [0, 0.1) is 0 Å². The van der Waals surface area contributed by atoms with Crippen LogP contribution >= 0.6 is 11.6 Å². The molecule has 1 aromatic rings. The molecule has 0 radical (unpaired) electrons. The molecule has 1 saturated heterocycles. The van der Waals surface area contributed by atoms with Gasteiger partial charge in [0.25, 0.3) is 0 Å². The molecule has 1 aliphatic heterocycles. The van der Waals surface area contributed by atoms with E-state index in [1.807, 2.05) is 0 Å². The van der Waals surface area contributed by atoms with E-state index in [4.69, 9.17) is 22.1 Å². The molecule has 1 aromatic heterocycles. The van der Waals surface area contributed by atoms with Gasteiger partial charge in [0, 0.05) is 19.2 Å². The summed E-state index contributed by atoms with van der Waals surface area (Å²) in [4.78, 5) is 6.11. The van der Waals surface area contributed by atoms with Crippen LogP contribution in [0.15, 0.2) is 12.3 Å². The highest BCUT2D eigenvalue weighted by Gasteiger charge is 2.21. The summed E-state index contributed by atoms with van der Waals surface area (Å²) in [6.07, 6.45) is 2.74. The molecule has 0 amide bonds. The smallest absolute Gasteiger partial charge is 0.143 e. The van der Waals surface area contributed by atoms with E-state index in [9.17, 15) is 0 Å². The molecule has 0 bridgehead atoms. The lowest BCUT2D eigenvalue weighted by molar-refractivity contribution is 0.208. The van der Waals surface area contributed by atoms with Crippen molar-refractivity contribution in [3.8, 4) is 5.75 Å². The van der Waals surface area contributed by atoms with Crippen LogP contribution in [0.25, 0.3) is 0 Å². The van der Waals surface area contributed by atoms with Gasteiger partial charge in [-0.1, -0.05) is 11.6 Å². The number of hydrogen-bond donors (Lipinski definition) is 1. The van der Waals surface area contributed by atoms with Gasteiger partial charge in [-0.15, -0.1) is 0 Å². The molecular formula is C10H14ClN3O. The molecule has 0 saturated carbocycles. The van der Waals surface area contributed by atoms with Crippen LogP contribution in [0.5, 0.6) is 5.75 Å². The molecule has 5 heteroatoms. The van der Waals surface area contributed by atoms with Gasteiger partial charge in [0.05, 0.1) is 6.20 Å². The predicted octanol–water partition coefficient (Wildman–Crippen LogP) is 1.40. The van der Waals surface area contributed by atoms with Gasteiger partial charge in [-0.3, -0.25) is 0 Å². The second-order valence-corrected chi connectivity index (χ2v) is 4.24. The van der Waals surface area contributed by atoms with Crippen molar-refractivity contribution in [1.29, 1.82) is 0 Å². The first-order valence-electron chi connectivity index (χ1n) is 4.91. The minimum absolute atomic E-state index is 0.203. The van der Waals surface area contributed by atoms with E-state index in [2.05, 4.69) is 16.9 Å². The third-order valence-electron chi connectivity index (χ3n) is 2.48. The van der Waals surface area contributed by atoms with E-state index < -0.39 is 0 Å². The van der Waals surface area contributed by atoms with E-state index in [0.29, 0.717) is 16.6 Å². The Kier molecular flexibility index (Phi) is 2.98. The van der Waals surface area contributed by atoms with Crippen molar-refractivity contribution in [3.63, 3.8) is 0 Å². The highest BCUT2D eigenvalue weighted by molar-refractivity contribution is 6.31. The zero-order chi connectivity index (χ0) is 10.8. The average molecular weight is 228 g/mol. The number of aromatic nitrogens is 1. The molecule has 4 nitrogen and oxygen atoms in total. The van der Waals surface area contributed by atoms with Crippen molar-refractivity contribution >= 4 is 17.4 Å². The van der Waals surface area contributed by atoms with Crippen molar-refractivity contribution in [3.05, 3.63) is 17.3 Å². The molecule has 15 heavy (non-hydrogen) atoms. The molecular weight excluding hydrogens is 214 g/mol. The Balaban J connectivity index is 2.07. The van der Waals surface area contributed by atoms with Crippen molar-refractivity contribution < 1.29 is 4.74 Å². The maximum Gasteiger partial charge on any atom is 0.143 e. The highest BCUT2D eigenvalue weighted by atomic mass is 35.5. The number of nitrogens with two attached hydrogens (primary N) is 1. The Morgan fingerprint density at radius 3 is 3.13 bits per heavy atom. The summed E-state index contributed by atoms with van der Waals surface area (Å²) in [5.41, 5.74) is 5.57. The van der Waals surface area contributed by atoms with E-state index in [0.717, 1.165) is 19.5 Å². The number of anilines is 1. The van der Waals surface area contributed by atoms with E-state index >= 15 is 0 Å². The molecule has 0 aliphatic carbocycles. The number of hydrogen-bond acceptors (Lipinski definition) is 4. The van der Waals surface area contributed by atoms with Crippen LogP contribution in [-0.2, 0) is 0 Å². The normalized spacial score (nSPS) is 21.9. The van der Waals surface area contributed by atoms with Crippen LogP contribution < -0.4 is 10.5 Å². The van der Waals surface area contributed by atoms with Gasteiger partial charge in [0.1, 0.15) is 22.7 Å². The Labute approximate surface area is 94.0 Å². The second-order valence-electron chi connectivity index (χ2n) is 3.83. The first-order chi connectivity index (χ1) is 7.15. The third-order valence-corrected chi connectivity index (χ3v) is 2.77. The van der Waals surface area contributed by atoms with Crippen molar-refractivity contribution in [2.45, 2.75) is 12.5 Å². The van der Waals surface area contributed by atoms with Crippen LogP contribution in [0.2, 0.25) is 5.02 Å². The standard InChI is InChI=1S/C10H14ClN3O/c1-14-3-2-7(6-14)15-9-4-10(12)13-5-8(9)11/h4-5,7H,2-3,6H2,1H3,(H2,12,13). The molecule has 2 rings (SSSR count). The number of ether oxygens (including phenoxy) is 1. The monoisotopic (exact) mass is 227 g/mol. The first-order valence-corrected chi connectivity index (χ1v) is 5.29. The summed E-state index contributed by atoms with van der Waals surface area (Å²) in [5, 5.41) is 0.513. The minimum Gasteiger partial charge on any atom is -0.487 e. The van der Waals surface area contributed by atoms with Gasteiger partial charge in [-0.25, -0.2) is 4.98 Å². The third kappa shape index (κ3) is 2.52. The molecule has 2 N–H and O–H groups in total. The molecule has 0 aromatic carbocycles. The topological polar surface area (TPSA) is 51.4 Å². The lowest BCUT2D eigenvalue weighted by atomic mass is 10.3. The van der Waals surface area contributed by atoms with Gasteiger partial charge < -0.3 is 15.4 Å². The Morgan fingerprint density at radius 2 is 2.47 bits per heavy atom. The van der Waals surface area contributed by atoms with Crippen LogP contribution in [0.3, 0.4) is 0 Å². The van der Waals surface area contributed by atoms with Gasteiger partial charge in [0.15, 0.2) is 0 Å². The predicted molar refractivity (Wildman–Crippen MR) is 60.2 cm³/mol. The molecule has 82 valence electrons. The first kappa shape index (κ1) is 10.5. The van der Waals surface area contributed by atoms with E-state index in [-0.39, 0.29) is 6.10 Å². The molecule has 1 atom stereocenters. The number of likely N-dealkylation sites (tertiary alicyclic amines) is 1. The maximum absolute atomic E-state index is 5.95. The maximum atomic E-state index is 5.95. The number of nitrogen functional groups attached to an aromatic ring is 1. The lowest BCUT2D eigenvalue weighted by Crippen LogP contribution is -2.21. The minimum atomic E-state index is 0.203. The lowest BCUT2D eigenvalue weighted by Gasteiger charge is -2.14. The Morgan fingerprint density at radius 1 is 1.67 bits per heavy atom. The molecule has 1 aliphatic rings. The number of rotatable bonds is 2. The summed E-state index contributed by atoms with van der Waals surface area (Å²) >= 11 is 5.95. The van der Waals surface area contributed by atoms with Gasteiger partial charge in [-0.05, 0) is 13.5 Å². The summed E-state index contributed by atoms with van der Waals surface area (Å²) in [5.74, 6) is 1.06. The quantitative estimate of drug-likeness (QED) is 0.830. The summed E-state index contributed by atoms with van der Waals surface area (Å²) in [6.45, 7) is 1.99. The van der Waals surface area contributed by atoms with Crippen molar-refractivity contribution in [2.24, 2.45) is 0 Å². The number of nitrogens with zero attached hydrogens (tertiary/aromatic N) is 2. The molecule has 1 unspecified atom stereocenters. The van der Waals surface area contributed by atoms with Crippen molar-refractivity contribution in [2.75, 3.05) is 25.9 Å². The Bertz CT molecular complexity index is 359. The molecule has 2 heterocycles.